The molecule has 1 aromatic rings. The van der Waals surface area contributed by atoms with Crippen LogP contribution in [0.15, 0.2) is 36.4 Å². The molecule has 1 N–H and O–H groups in total. The van der Waals surface area contributed by atoms with E-state index >= 15 is 0 Å². The van der Waals surface area contributed by atoms with E-state index in [1.165, 1.54) is 57.8 Å². The molecule has 0 aromatic heterocycles. The van der Waals surface area contributed by atoms with E-state index in [0.717, 1.165) is 36.9 Å². The molecular weight excluding hydrogens is 294 g/mol. The number of hydrogen-bond acceptors (Lipinski definition) is 2. The number of nitrogens with one attached hydrogen (secondary N) is 1. The minimum Gasteiger partial charge on any atom is -0.385 e. The van der Waals surface area contributed by atoms with Gasteiger partial charge in [-0.15, -0.1) is 0 Å². The van der Waals surface area contributed by atoms with Crippen LogP contribution in [0.3, 0.4) is 0 Å². The van der Waals surface area contributed by atoms with Crippen molar-refractivity contribution in [3.05, 3.63) is 42.0 Å². The minimum absolute atomic E-state index is 0.726. The fourth-order valence-corrected chi connectivity index (χ4v) is 2.76. The van der Waals surface area contributed by atoms with E-state index in [4.69, 9.17) is 0 Å². The van der Waals surface area contributed by atoms with Crippen LogP contribution in [-0.4, -0.2) is 12.8 Å². The first-order chi connectivity index (χ1) is 11.9. The summed E-state index contributed by atoms with van der Waals surface area (Å²) in [6, 6.07) is 7.61. The molecule has 1 aromatic carbocycles. The molecule has 0 aliphatic heterocycles. The molecule has 0 aliphatic rings. The Bertz CT molecular complexity index is 436. The van der Waals surface area contributed by atoms with Crippen LogP contribution in [0.5, 0.6) is 0 Å². The molecule has 0 heterocycles. The number of unbranched alkanes of at least 4 members (excludes halogenated alkanes) is 9. The topological polar surface area (TPSA) is 29.1 Å². The lowest BCUT2D eigenvalue weighted by atomic mass is 10.1. The summed E-state index contributed by atoms with van der Waals surface area (Å²) >= 11 is 0. The molecule has 24 heavy (non-hydrogen) atoms. The van der Waals surface area contributed by atoms with E-state index in [0.29, 0.717) is 0 Å². The predicted octanol–water partition coefficient (Wildman–Crippen LogP) is 6.78. The third-order valence-corrected chi connectivity index (χ3v) is 4.31. The highest BCUT2D eigenvalue weighted by Gasteiger charge is 1.93. The second kappa shape index (κ2) is 15.0. The van der Waals surface area contributed by atoms with Crippen LogP contribution in [0.1, 0.15) is 87.9 Å². The third kappa shape index (κ3) is 11.0. The number of anilines is 1. The lowest BCUT2D eigenvalue weighted by Crippen LogP contribution is -2.00. The lowest BCUT2D eigenvalue weighted by Gasteiger charge is -2.05. The summed E-state index contributed by atoms with van der Waals surface area (Å²) in [7, 11) is 0. The Morgan fingerprint density at radius 2 is 1.38 bits per heavy atom. The molecule has 0 radical (unpaired) electrons. The van der Waals surface area contributed by atoms with Gasteiger partial charge in [-0.3, -0.25) is 4.79 Å². The van der Waals surface area contributed by atoms with Crippen molar-refractivity contribution < 1.29 is 4.79 Å². The van der Waals surface area contributed by atoms with Crippen LogP contribution in [0.2, 0.25) is 0 Å². The summed E-state index contributed by atoms with van der Waals surface area (Å²) in [6.45, 7) is 3.25. The van der Waals surface area contributed by atoms with Gasteiger partial charge in [0.2, 0.25) is 0 Å². The quantitative estimate of drug-likeness (QED) is 0.218. The number of benzene rings is 1. The van der Waals surface area contributed by atoms with Gasteiger partial charge in [0.25, 0.3) is 0 Å². The summed E-state index contributed by atoms with van der Waals surface area (Å²) in [5.41, 5.74) is 1.81. The Hall–Kier alpha value is -1.57. The van der Waals surface area contributed by atoms with Gasteiger partial charge in [-0.05, 0) is 49.9 Å². The van der Waals surface area contributed by atoms with E-state index in [1.54, 1.807) is 0 Å². The molecule has 134 valence electrons. The highest BCUT2D eigenvalue weighted by atomic mass is 16.1. The highest BCUT2D eigenvalue weighted by Crippen LogP contribution is 2.10. The van der Waals surface area contributed by atoms with Crippen molar-refractivity contribution in [1.29, 1.82) is 0 Å². The zero-order valence-corrected chi connectivity index (χ0v) is 15.4. The van der Waals surface area contributed by atoms with Gasteiger partial charge < -0.3 is 5.32 Å². The van der Waals surface area contributed by atoms with Gasteiger partial charge in [0, 0.05) is 17.8 Å². The molecule has 0 saturated carbocycles. The van der Waals surface area contributed by atoms with Crippen LogP contribution in [0, 0.1) is 0 Å². The summed E-state index contributed by atoms with van der Waals surface area (Å²) in [5, 5.41) is 3.39. The maximum Gasteiger partial charge on any atom is 0.150 e. The Balaban J connectivity index is 1.88. The standard InChI is InChI=1S/C22H35NO/c1-2-3-4-5-6-7-8-9-10-11-12-13-14-19-23-22-17-15-21(20-24)16-18-22/h11-12,15-18,20,23H,2-10,13-14,19H2,1H3/b12-11+. The average Bonchev–Trinajstić information content (AvgIpc) is 2.62. The first-order valence-corrected chi connectivity index (χ1v) is 9.81. The molecular formula is C22H35NO. The highest BCUT2D eigenvalue weighted by molar-refractivity contribution is 5.75. The SMILES string of the molecule is CCCCCCCCCC/C=C/CCCNc1ccc(C=O)cc1. The summed E-state index contributed by atoms with van der Waals surface area (Å²) in [4.78, 5) is 10.6. The average molecular weight is 330 g/mol. The van der Waals surface area contributed by atoms with E-state index in [9.17, 15) is 4.79 Å². The molecule has 0 atom stereocenters. The summed E-state index contributed by atoms with van der Waals surface area (Å²) < 4.78 is 0. The normalized spacial score (nSPS) is 11.0. The Morgan fingerprint density at radius 1 is 0.792 bits per heavy atom. The fourth-order valence-electron chi connectivity index (χ4n) is 2.76. The monoisotopic (exact) mass is 329 g/mol. The van der Waals surface area contributed by atoms with Crippen molar-refractivity contribution in [2.24, 2.45) is 0 Å². The number of allylic oxidation sites excluding steroid dienone is 2. The second-order valence-corrected chi connectivity index (χ2v) is 6.54. The van der Waals surface area contributed by atoms with Gasteiger partial charge in [-0.1, -0.05) is 64.0 Å². The maximum absolute atomic E-state index is 10.6. The van der Waals surface area contributed by atoms with Gasteiger partial charge in [-0.25, -0.2) is 0 Å². The van der Waals surface area contributed by atoms with Crippen LogP contribution in [0.4, 0.5) is 5.69 Å². The summed E-state index contributed by atoms with van der Waals surface area (Å²) in [6.07, 6.45) is 20.2. The zero-order chi connectivity index (χ0) is 17.3. The van der Waals surface area contributed by atoms with Crippen molar-refractivity contribution in [3.8, 4) is 0 Å². The first kappa shape index (κ1) is 20.5. The van der Waals surface area contributed by atoms with E-state index in [-0.39, 0.29) is 0 Å². The van der Waals surface area contributed by atoms with Crippen molar-refractivity contribution >= 4 is 12.0 Å². The number of rotatable bonds is 15. The van der Waals surface area contributed by atoms with Crippen molar-refractivity contribution in [1.82, 2.24) is 0 Å². The molecule has 0 spiro atoms. The number of aldehydes is 1. The molecule has 0 amide bonds. The van der Waals surface area contributed by atoms with Crippen LogP contribution < -0.4 is 5.32 Å². The minimum atomic E-state index is 0.726. The molecule has 0 unspecified atom stereocenters. The molecule has 0 fully saturated rings. The van der Waals surface area contributed by atoms with Crippen LogP contribution in [-0.2, 0) is 0 Å². The van der Waals surface area contributed by atoms with Crippen molar-refractivity contribution in [2.45, 2.75) is 77.6 Å². The smallest absolute Gasteiger partial charge is 0.150 e. The Labute approximate surface area is 148 Å². The number of hydrogen-bond donors (Lipinski definition) is 1. The second-order valence-electron chi connectivity index (χ2n) is 6.54. The van der Waals surface area contributed by atoms with E-state index < -0.39 is 0 Å². The van der Waals surface area contributed by atoms with Gasteiger partial charge in [-0.2, -0.15) is 0 Å². The maximum atomic E-state index is 10.6. The van der Waals surface area contributed by atoms with Gasteiger partial charge in [0.05, 0.1) is 0 Å². The van der Waals surface area contributed by atoms with Gasteiger partial charge in [0.1, 0.15) is 6.29 Å². The van der Waals surface area contributed by atoms with Crippen molar-refractivity contribution in [2.75, 3.05) is 11.9 Å². The van der Waals surface area contributed by atoms with E-state index in [1.807, 2.05) is 24.3 Å². The molecule has 2 heteroatoms. The largest absolute Gasteiger partial charge is 0.385 e. The van der Waals surface area contributed by atoms with Gasteiger partial charge in [0.15, 0.2) is 0 Å². The Kier molecular flexibility index (Phi) is 12.8. The molecule has 1 rings (SSSR count). The van der Waals surface area contributed by atoms with Crippen LogP contribution in [0.25, 0.3) is 0 Å². The molecule has 0 saturated heterocycles. The lowest BCUT2D eigenvalue weighted by molar-refractivity contribution is 0.112. The van der Waals surface area contributed by atoms with Crippen LogP contribution >= 0.6 is 0 Å². The first-order valence-electron chi connectivity index (χ1n) is 9.81. The Morgan fingerprint density at radius 3 is 2.00 bits per heavy atom. The van der Waals surface area contributed by atoms with Crippen molar-refractivity contribution in [3.63, 3.8) is 0 Å². The summed E-state index contributed by atoms with van der Waals surface area (Å²) in [5.74, 6) is 0. The zero-order valence-electron chi connectivity index (χ0n) is 15.4. The number of carbonyl (C=O) groups is 1. The van der Waals surface area contributed by atoms with Gasteiger partial charge >= 0.3 is 0 Å². The molecule has 0 bridgehead atoms. The number of carbonyl (C=O) groups excluding carboxylic acids is 1. The van der Waals surface area contributed by atoms with E-state index in [2.05, 4.69) is 24.4 Å². The molecule has 2 nitrogen and oxygen atoms in total. The molecule has 0 aliphatic carbocycles. The fraction of sp³-hybridized carbons (Fsp3) is 0.591. The third-order valence-electron chi connectivity index (χ3n) is 4.31. The predicted molar refractivity (Wildman–Crippen MR) is 106 cm³/mol.